The maximum atomic E-state index is 12.8. The highest BCUT2D eigenvalue weighted by molar-refractivity contribution is 7.89. The van der Waals surface area contributed by atoms with Crippen molar-refractivity contribution >= 4 is 28.3 Å². The summed E-state index contributed by atoms with van der Waals surface area (Å²) in [6, 6.07) is 8.52. The quantitative estimate of drug-likeness (QED) is 0.832. The number of benzene rings is 1. The van der Waals surface area contributed by atoms with Crippen molar-refractivity contribution in [1.29, 1.82) is 0 Å². The Morgan fingerprint density at radius 3 is 2.27 bits per heavy atom. The van der Waals surface area contributed by atoms with Crippen LogP contribution < -0.4 is 5.32 Å². The molecular weight excluding hydrogens is 374 g/mol. The number of carbonyl (C=O) groups excluding carboxylic acids is 1. The van der Waals surface area contributed by atoms with Crippen LogP contribution in [0.5, 0.6) is 0 Å². The second kappa shape index (κ2) is 7.46. The summed E-state index contributed by atoms with van der Waals surface area (Å²) in [5.41, 5.74) is 0.232. The third-order valence-corrected chi connectivity index (χ3v) is 7.93. The van der Waals surface area contributed by atoms with Gasteiger partial charge in [0.2, 0.25) is 15.9 Å². The van der Waals surface area contributed by atoms with E-state index in [0.29, 0.717) is 31.1 Å². The van der Waals surface area contributed by atoms with Crippen molar-refractivity contribution in [3.63, 3.8) is 0 Å². The number of rotatable bonds is 3. The van der Waals surface area contributed by atoms with Crippen molar-refractivity contribution in [2.45, 2.75) is 24.2 Å². The van der Waals surface area contributed by atoms with Gasteiger partial charge in [-0.1, -0.05) is 18.2 Å². The number of nitrogens with zero attached hydrogens (tertiary/aromatic N) is 2. The molecule has 6 nitrogen and oxygen atoms in total. The second-order valence-electron chi connectivity index (χ2n) is 7.41. The number of halogens is 1. The molecule has 1 atom stereocenters. The van der Waals surface area contributed by atoms with Crippen LogP contribution in [0.2, 0.25) is 0 Å². The van der Waals surface area contributed by atoms with Crippen molar-refractivity contribution in [1.82, 2.24) is 14.5 Å². The highest BCUT2D eigenvalue weighted by Crippen LogP contribution is 2.59. The average molecular weight is 400 g/mol. The van der Waals surface area contributed by atoms with Crippen LogP contribution in [-0.4, -0.2) is 62.8 Å². The highest BCUT2D eigenvalue weighted by Gasteiger charge is 2.58. The van der Waals surface area contributed by atoms with Crippen LogP contribution >= 0.6 is 12.4 Å². The van der Waals surface area contributed by atoms with E-state index >= 15 is 0 Å². The summed E-state index contributed by atoms with van der Waals surface area (Å²) < 4.78 is 26.8. The van der Waals surface area contributed by atoms with Crippen molar-refractivity contribution in [3.8, 4) is 0 Å². The number of amides is 1. The lowest BCUT2D eigenvalue weighted by Crippen LogP contribution is -2.51. The lowest BCUT2D eigenvalue weighted by atomic mass is 9.91. The molecule has 1 amide bonds. The number of nitrogens with one attached hydrogen (secondary N) is 1. The molecule has 1 unspecified atom stereocenters. The number of piperazine rings is 1. The molecule has 3 fully saturated rings. The molecule has 2 aliphatic heterocycles. The van der Waals surface area contributed by atoms with Gasteiger partial charge in [-0.05, 0) is 49.9 Å². The van der Waals surface area contributed by atoms with Gasteiger partial charge in [0.25, 0.3) is 0 Å². The molecular formula is C18H26ClN3O3S. The summed E-state index contributed by atoms with van der Waals surface area (Å²) in [5.74, 6) is 0.394. The normalized spacial score (nSPS) is 25.5. The van der Waals surface area contributed by atoms with Crippen molar-refractivity contribution < 1.29 is 13.2 Å². The number of sulfonamides is 1. The van der Waals surface area contributed by atoms with Gasteiger partial charge in [0.1, 0.15) is 0 Å². The number of carbonyl (C=O) groups is 1. The van der Waals surface area contributed by atoms with E-state index in [9.17, 15) is 13.2 Å². The molecule has 1 aliphatic carbocycles. The molecule has 1 N–H and O–H groups in total. The van der Waals surface area contributed by atoms with Gasteiger partial charge in [0.15, 0.2) is 0 Å². The van der Waals surface area contributed by atoms with E-state index < -0.39 is 10.0 Å². The fourth-order valence-electron chi connectivity index (χ4n) is 4.28. The van der Waals surface area contributed by atoms with Gasteiger partial charge in [-0.2, -0.15) is 4.31 Å². The summed E-state index contributed by atoms with van der Waals surface area (Å²) in [6.45, 7) is 3.76. The summed E-state index contributed by atoms with van der Waals surface area (Å²) in [7, 11) is -3.46. The first-order chi connectivity index (χ1) is 12.0. The number of hydrogen-bond acceptors (Lipinski definition) is 4. The maximum absolute atomic E-state index is 12.8. The summed E-state index contributed by atoms with van der Waals surface area (Å²) in [4.78, 5) is 15.0. The third kappa shape index (κ3) is 3.50. The van der Waals surface area contributed by atoms with Gasteiger partial charge in [-0.25, -0.2) is 8.42 Å². The van der Waals surface area contributed by atoms with Crippen molar-refractivity contribution in [2.24, 2.45) is 11.3 Å². The zero-order valence-corrected chi connectivity index (χ0v) is 16.4. The van der Waals surface area contributed by atoms with Crippen molar-refractivity contribution in [2.75, 3.05) is 39.3 Å². The third-order valence-electron chi connectivity index (χ3n) is 6.02. The van der Waals surface area contributed by atoms with Gasteiger partial charge in [0, 0.05) is 32.1 Å². The van der Waals surface area contributed by atoms with Crippen molar-refractivity contribution in [3.05, 3.63) is 30.3 Å². The van der Waals surface area contributed by atoms with Crippen LogP contribution in [0, 0.1) is 11.3 Å². The van der Waals surface area contributed by atoms with Crippen LogP contribution in [0.15, 0.2) is 35.2 Å². The molecule has 0 bridgehead atoms. The lowest BCUT2D eigenvalue weighted by Gasteiger charge is -2.35. The summed E-state index contributed by atoms with van der Waals surface area (Å²) in [6.07, 6.45) is 3.19. The smallest absolute Gasteiger partial charge is 0.243 e. The van der Waals surface area contributed by atoms with E-state index in [-0.39, 0.29) is 29.6 Å². The van der Waals surface area contributed by atoms with Crippen LogP contribution in [-0.2, 0) is 14.8 Å². The zero-order chi connectivity index (χ0) is 17.5. The first-order valence-electron chi connectivity index (χ1n) is 9.08. The Morgan fingerprint density at radius 2 is 1.65 bits per heavy atom. The van der Waals surface area contributed by atoms with Crippen LogP contribution in [0.3, 0.4) is 0 Å². The summed E-state index contributed by atoms with van der Waals surface area (Å²) >= 11 is 0. The van der Waals surface area contributed by atoms with Gasteiger partial charge in [-0.15, -0.1) is 12.4 Å². The maximum Gasteiger partial charge on any atom is 0.243 e. The van der Waals surface area contributed by atoms with Gasteiger partial charge >= 0.3 is 0 Å². The van der Waals surface area contributed by atoms with E-state index in [0.717, 1.165) is 32.4 Å². The second-order valence-corrected chi connectivity index (χ2v) is 9.35. The van der Waals surface area contributed by atoms with E-state index in [2.05, 4.69) is 5.32 Å². The molecule has 144 valence electrons. The standard InChI is InChI=1S/C18H25N3O3S.ClH/c22-17(16-14-18(16)6-8-19-9-7-18)20-10-12-21(13-11-20)25(23,24)15-4-2-1-3-5-15;/h1-5,16,19H,6-14H2;1H. The fourth-order valence-corrected chi connectivity index (χ4v) is 5.73. The molecule has 2 saturated heterocycles. The molecule has 2 heterocycles. The van der Waals surface area contributed by atoms with Crippen LogP contribution in [0.4, 0.5) is 0 Å². The minimum Gasteiger partial charge on any atom is -0.340 e. The monoisotopic (exact) mass is 399 g/mol. The van der Waals surface area contributed by atoms with Gasteiger partial charge in [-0.3, -0.25) is 4.79 Å². The van der Waals surface area contributed by atoms with Crippen LogP contribution in [0.1, 0.15) is 19.3 Å². The molecule has 1 aromatic rings. The first kappa shape index (κ1) is 19.6. The predicted octanol–water partition coefficient (Wildman–Crippen LogP) is 1.33. The largest absolute Gasteiger partial charge is 0.340 e. The van der Waals surface area contributed by atoms with Gasteiger partial charge in [0.05, 0.1) is 4.90 Å². The van der Waals surface area contributed by atoms with E-state index in [1.165, 1.54) is 4.31 Å². The molecule has 0 radical (unpaired) electrons. The Bertz CT molecular complexity index is 742. The molecule has 26 heavy (non-hydrogen) atoms. The van der Waals surface area contributed by atoms with E-state index in [1.54, 1.807) is 24.3 Å². The zero-order valence-electron chi connectivity index (χ0n) is 14.8. The first-order valence-corrected chi connectivity index (χ1v) is 10.5. The topological polar surface area (TPSA) is 69.7 Å². The minimum absolute atomic E-state index is 0. The number of piperidine rings is 1. The molecule has 1 saturated carbocycles. The predicted molar refractivity (Wildman–Crippen MR) is 102 cm³/mol. The van der Waals surface area contributed by atoms with Crippen LogP contribution in [0.25, 0.3) is 0 Å². The molecule has 4 rings (SSSR count). The highest BCUT2D eigenvalue weighted by atomic mass is 35.5. The Balaban J connectivity index is 0.00000196. The molecule has 1 spiro atoms. The van der Waals surface area contributed by atoms with E-state index in [1.807, 2.05) is 11.0 Å². The SMILES string of the molecule is Cl.O=C(C1CC12CCNCC2)N1CCN(S(=O)(=O)c2ccccc2)CC1. The Kier molecular flexibility index (Phi) is 5.63. The molecule has 1 aromatic carbocycles. The summed E-state index contributed by atoms with van der Waals surface area (Å²) in [5, 5.41) is 3.36. The lowest BCUT2D eigenvalue weighted by molar-refractivity contribution is -0.134. The number of hydrogen-bond donors (Lipinski definition) is 1. The fraction of sp³-hybridized carbons (Fsp3) is 0.611. The van der Waals surface area contributed by atoms with Gasteiger partial charge < -0.3 is 10.2 Å². The minimum atomic E-state index is -3.46. The Labute approximate surface area is 161 Å². The van der Waals surface area contributed by atoms with E-state index in [4.69, 9.17) is 0 Å². The molecule has 3 aliphatic rings. The Hall–Kier alpha value is -1.15. The molecule has 0 aromatic heterocycles. The average Bonchev–Trinajstić information content (AvgIpc) is 3.35. The molecule has 8 heteroatoms. The Morgan fingerprint density at radius 1 is 1.04 bits per heavy atom.